The molecule has 2 heterocycles. The van der Waals surface area contributed by atoms with Gasteiger partial charge in [0.1, 0.15) is 5.15 Å². The van der Waals surface area contributed by atoms with Gasteiger partial charge in [0.05, 0.1) is 0 Å². The number of rotatable bonds is 2. The van der Waals surface area contributed by atoms with Crippen LogP contribution >= 0.6 is 11.6 Å². The van der Waals surface area contributed by atoms with Crippen molar-refractivity contribution in [1.82, 2.24) is 9.97 Å². The Labute approximate surface area is 109 Å². The van der Waals surface area contributed by atoms with Gasteiger partial charge in [0, 0.05) is 11.9 Å². The lowest BCUT2D eigenvalue weighted by atomic mass is 10.00. The average molecular weight is 263 g/mol. The molecule has 0 saturated carbocycles. The predicted molar refractivity (Wildman–Crippen MR) is 68.9 cm³/mol. The topological polar surface area (TPSA) is 63.1 Å². The molecule has 2 aromatic rings. The third-order valence-electron chi connectivity index (χ3n) is 2.64. The van der Waals surface area contributed by atoms with E-state index >= 15 is 0 Å². The van der Waals surface area contributed by atoms with Crippen LogP contribution in [0.2, 0.25) is 5.15 Å². The molecule has 0 atom stereocenters. The van der Waals surface area contributed by atoms with Gasteiger partial charge in [-0.25, -0.2) is 14.8 Å². The molecule has 0 unspecified atom stereocenters. The summed E-state index contributed by atoms with van der Waals surface area (Å²) in [5.41, 5.74) is 2.99. The van der Waals surface area contributed by atoms with Crippen molar-refractivity contribution in [2.75, 3.05) is 0 Å². The van der Waals surface area contributed by atoms with E-state index in [4.69, 9.17) is 16.7 Å². The highest BCUT2D eigenvalue weighted by molar-refractivity contribution is 6.29. The van der Waals surface area contributed by atoms with Gasteiger partial charge < -0.3 is 5.11 Å². The summed E-state index contributed by atoms with van der Waals surface area (Å²) in [6, 6.07) is 5.33. The Balaban J connectivity index is 2.68. The lowest BCUT2D eigenvalue weighted by Gasteiger charge is -2.10. The second-order valence-corrected chi connectivity index (χ2v) is 4.34. The van der Waals surface area contributed by atoms with Crippen LogP contribution in [0.4, 0.5) is 0 Å². The standard InChI is InChI=1S/C13H11ClN2O2/c1-7-5-10(8(2)12(16-7)13(17)18)9-3-4-15-11(14)6-9/h3-6H,1-2H3,(H,17,18). The first kappa shape index (κ1) is 12.5. The monoisotopic (exact) mass is 262 g/mol. The van der Waals surface area contributed by atoms with Gasteiger partial charge in [-0.2, -0.15) is 0 Å². The highest BCUT2D eigenvalue weighted by Gasteiger charge is 2.14. The summed E-state index contributed by atoms with van der Waals surface area (Å²) in [7, 11) is 0. The second-order valence-electron chi connectivity index (χ2n) is 3.96. The summed E-state index contributed by atoms with van der Waals surface area (Å²) in [4.78, 5) is 19.1. The number of aromatic carboxylic acids is 1. The number of carboxylic acid groups (broad SMARTS) is 1. The molecule has 0 saturated heterocycles. The Morgan fingerprint density at radius 3 is 2.67 bits per heavy atom. The smallest absolute Gasteiger partial charge is 0.354 e. The number of nitrogens with zero attached hydrogens (tertiary/aromatic N) is 2. The number of halogens is 1. The molecule has 0 amide bonds. The van der Waals surface area contributed by atoms with Crippen molar-refractivity contribution in [3.05, 3.63) is 46.5 Å². The minimum absolute atomic E-state index is 0.0675. The fourth-order valence-corrected chi connectivity index (χ4v) is 1.99. The molecule has 0 aliphatic carbocycles. The van der Waals surface area contributed by atoms with Crippen LogP contribution in [-0.2, 0) is 0 Å². The fraction of sp³-hybridized carbons (Fsp3) is 0.154. The van der Waals surface area contributed by atoms with E-state index in [1.165, 1.54) is 0 Å². The van der Waals surface area contributed by atoms with E-state index in [1.54, 1.807) is 32.2 Å². The van der Waals surface area contributed by atoms with Gasteiger partial charge in [-0.1, -0.05) is 11.6 Å². The van der Waals surface area contributed by atoms with Crippen molar-refractivity contribution in [3.63, 3.8) is 0 Å². The summed E-state index contributed by atoms with van der Waals surface area (Å²) in [6.45, 7) is 3.50. The van der Waals surface area contributed by atoms with Gasteiger partial charge in [0.25, 0.3) is 0 Å². The molecule has 18 heavy (non-hydrogen) atoms. The molecule has 1 N–H and O–H groups in total. The minimum atomic E-state index is -1.03. The molecule has 0 bridgehead atoms. The largest absolute Gasteiger partial charge is 0.477 e. The van der Waals surface area contributed by atoms with Crippen LogP contribution in [-0.4, -0.2) is 21.0 Å². The molecule has 0 radical (unpaired) electrons. The molecular weight excluding hydrogens is 252 g/mol. The number of carboxylic acids is 1. The normalized spacial score (nSPS) is 10.4. The minimum Gasteiger partial charge on any atom is -0.477 e. The van der Waals surface area contributed by atoms with E-state index in [0.717, 1.165) is 11.1 Å². The molecule has 4 nitrogen and oxygen atoms in total. The number of carbonyl (C=O) groups is 1. The molecule has 2 rings (SSSR count). The van der Waals surface area contributed by atoms with Crippen LogP contribution in [0.25, 0.3) is 11.1 Å². The fourth-order valence-electron chi connectivity index (χ4n) is 1.82. The summed E-state index contributed by atoms with van der Waals surface area (Å²) in [5.74, 6) is -1.03. The summed E-state index contributed by atoms with van der Waals surface area (Å²) < 4.78 is 0. The molecule has 5 heteroatoms. The number of aryl methyl sites for hydroxylation is 1. The van der Waals surface area contributed by atoms with Gasteiger partial charge in [0.15, 0.2) is 5.69 Å². The van der Waals surface area contributed by atoms with E-state index < -0.39 is 5.97 Å². The van der Waals surface area contributed by atoms with Crippen LogP contribution < -0.4 is 0 Å². The van der Waals surface area contributed by atoms with Crippen LogP contribution in [0, 0.1) is 13.8 Å². The molecule has 0 spiro atoms. The van der Waals surface area contributed by atoms with Crippen molar-refractivity contribution in [2.24, 2.45) is 0 Å². The third kappa shape index (κ3) is 2.33. The van der Waals surface area contributed by atoms with Gasteiger partial charge in [-0.15, -0.1) is 0 Å². The van der Waals surface area contributed by atoms with Crippen molar-refractivity contribution in [1.29, 1.82) is 0 Å². The Bertz CT molecular complexity index is 626. The van der Waals surface area contributed by atoms with Crippen molar-refractivity contribution in [2.45, 2.75) is 13.8 Å². The van der Waals surface area contributed by atoms with E-state index in [2.05, 4.69) is 9.97 Å². The highest BCUT2D eigenvalue weighted by atomic mass is 35.5. The quantitative estimate of drug-likeness (QED) is 0.845. The van der Waals surface area contributed by atoms with Gasteiger partial charge in [-0.05, 0) is 48.7 Å². The van der Waals surface area contributed by atoms with Gasteiger partial charge >= 0.3 is 5.97 Å². The molecule has 2 aromatic heterocycles. The zero-order valence-corrected chi connectivity index (χ0v) is 10.7. The molecule has 92 valence electrons. The lowest BCUT2D eigenvalue weighted by molar-refractivity contribution is 0.0689. The van der Waals surface area contributed by atoms with Crippen molar-refractivity contribution >= 4 is 17.6 Å². The zero-order valence-electron chi connectivity index (χ0n) is 9.94. The first-order chi connectivity index (χ1) is 8.49. The van der Waals surface area contributed by atoms with E-state index in [-0.39, 0.29) is 5.69 Å². The first-order valence-electron chi connectivity index (χ1n) is 5.32. The SMILES string of the molecule is Cc1cc(-c2ccnc(Cl)c2)c(C)c(C(=O)O)n1. The number of hydrogen-bond acceptors (Lipinski definition) is 3. The molecular formula is C13H11ClN2O2. The van der Waals surface area contributed by atoms with E-state index in [0.29, 0.717) is 16.4 Å². The molecule has 0 aliphatic heterocycles. The maximum Gasteiger partial charge on any atom is 0.354 e. The Kier molecular flexibility index (Phi) is 3.30. The van der Waals surface area contributed by atoms with E-state index in [1.807, 2.05) is 6.07 Å². The number of pyridine rings is 2. The molecule has 0 aliphatic rings. The number of aromatic nitrogens is 2. The maximum atomic E-state index is 11.1. The van der Waals surface area contributed by atoms with Crippen LogP contribution in [0.5, 0.6) is 0 Å². The average Bonchev–Trinajstić information content (AvgIpc) is 2.31. The third-order valence-corrected chi connectivity index (χ3v) is 2.85. The van der Waals surface area contributed by atoms with Crippen LogP contribution in [0.3, 0.4) is 0 Å². The number of hydrogen-bond donors (Lipinski definition) is 1. The summed E-state index contributed by atoms with van der Waals surface area (Å²) in [6.07, 6.45) is 1.59. The highest BCUT2D eigenvalue weighted by Crippen LogP contribution is 2.27. The summed E-state index contributed by atoms with van der Waals surface area (Å²) >= 11 is 5.85. The lowest BCUT2D eigenvalue weighted by Crippen LogP contribution is -2.06. The van der Waals surface area contributed by atoms with E-state index in [9.17, 15) is 4.79 Å². The Morgan fingerprint density at radius 1 is 1.33 bits per heavy atom. The van der Waals surface area contributed by atoms with Gasteiger partial charge in [-0.3, -0.25) is 0 Å². The first-order valence-corrected chi connectivity index (χ1v) is 5.70. The van der Waals surface area contributed by atoms with Crippen molar-refractivity contribution < 1.29 is 9.90 Å². The summed E-state index contributed by atoms with van der Waals surface area (Å²) in [5, 5.41) is 9.49. The van der Waals surface area contributed by atoms with Crippen molar-refractivity contribution in [3.8, 4) is 11.1 Å². The molecule has 0 aromatic carbocycles. The van der Waals surface area contributed by atoms with Gasteiger partial charge in [0.2, 0.25) is 0 Å². The zero-order chi connectivity index (χ0) is 13.3. The predicted octanol–water partition coefficient (Wildman–Crippen LogP) is 3.11. The Hall–Kier alpha value is -1.94. The maximum absolute atomic E-state index is 11.1. The van der Waals surface area contributed by atoms with Crippen LogP contribution in [0.15, 0.2) is 24.4 Å². The second kappa shape index (κ2) is 4.74. The van der Waals surface area contributed by atoms with Crippen LogP contribution in [0.1, 0.15) is 21.7 Å². The Morgan fingerprint density at radius 2 is 2.06 bits per heavy atom. The molecule has 0 fully saturated rings.